The summed E-state index contributed by atoms with van der Waals surface area (Å²) in [5.74, 6) is -1.23. The first-order valence-corrected chi connectivity index (χ1v) is 6.81. The van der Waals surface area contributed by atoms with Crippen LogP contribution in [0.4, 0.5) is 0 Å². The number of para-hydroxylation sites is 1. The van der Waals surface area contributed by atoms with Gasteiger partial charge in [0, 0.05) is 31.1 Å². The molecule has 7 nitrogen and oxygen atoms in total. The van der Waals surface area contributed by atoms with Crippen LogP contribution in [0.15, 0.2) is 30.5 Å². The molecule has 22 heavy (non-hydrogen) atoms. The van der Waals surface area contributed by atoms with Gasteiger partial charge in [-0.05, 0) is 13.0 Å². The summed E-state index contributed by atoms with van der Waals surface area (Å²) in [4.78, 5) is 34.8. The summed E-state index contributed by atoms with van der Waals surface area (Å²) in [6, 6.07) is 6.75. The van der Waals surface area contributed by atoms with Crippen molar-refractivity contribution in [2.75, 3.05) is 0 Å². The van der Waals surface area contributed by atoms with Crippen LogP contribution in [0.25, 0.3) is 10.9 Å². The van der Waals surface area contributed by atoms with E-state index in [2.05, 4.69) is 16.2 Å². The van der Waals surface area contributed by atoms with Gasteiger partial charge >= 0.3 is 0 Å². The maximum atomic E-state index is 12.2. The molecule has 0 fully saturated rings. The number of benzene rings is 1. The molecule has 2 aromatic rings. The molecular weight excluding hydrogens is 284 g/mol. The summed E-state index contributed by atoms with van der Waals surface area (Å²) in [6.07, 6.45) is 1.70. The highest BCUT2D eigenvalue weighted by Gasteiger charge is 2.17. The molecule has 1 aromatic carbocycles. The van der Waals surface area contributed by atoms with Crippen molar-refractivity contribution in [1.29, 1.82) is 0 Å². The first-order valence-electron chi connectivity index (χ1n) is 6.81. The van der Waals surface area contributed by atoms with Crippen molar-refractivity contribution < 1.29 is 14.4 Å². The Morgan fingerprint density at radius 1 is 1.14 bits per heavy atom. The smallest absolute Gasteiger partial charge is 0.271 e. The Balaban J connectivity index is 2.06. The second-order valence-corrected chi connectivity index (χ2v) is 5.04. The van der Waals surface area contributed by atoms with E-state index in [4.69, 9.17) is 0 Å². The number of aryl methyl sites for hydroxylation is 1. The Bertz CT molecular complexity index is 735. The molecule has 1 aromatic heterocycles. The summed E-state index contributed by atoms with van der Waals surface area (Å²) in [5, 5.41) is 3.23. The lowest BCUT2D eigenvalue weighted by atomic mass is 10.2. The number of nitrogens with zero attached hydrogens (tertiary/aromatic N) is 1. The molecule has 2 rings (SSSR count). The molecule has 0 aliphatic heterocycles. The molecule has 0 aliphatic rings. The number of carbonyl (C=O) groups excluding carboxylic acids is 3. The number of hydrogen-bond donors (Lipinski definition) is 3. The van der Waals surface area contributed by atoms with Gasteiger partial charge in [0.25, 0.3) is 11.8 Å². The van der Waals surface area contributed by atoms with E-state index in [1.807, 2.05) is 35.9 Å². The highest BCUT2D eigenvalue weighted by Crippen LogP contribution is 2.19. The minimum absolute atomic E-state index is 0.317. The van der Waals surface area contributed by atoms with Crippen LogP contribution in [-0.4, -0.2) is 28.3 Å². The zero-order valence-corrected chi connectivity index (χ0v) is 12.6. The quantitative estimate of drug-likeness (QED) is 0.719. The number of hydrogen-bond acceptors (Lipinski definition) is 3. The first-order chi connectivity index (χ1) is 10.4. The summed E-state index contributed by atoms with van der Waals surface area (Å²) in [5.41, 5.74) is 6.04. The standard InChI is InChI=1S/C15H18N4O3/c1-9(16-10(2)20)14(21)17-18-15(22)12-8-19(3)13-7-5-4-6-11(12)13/h4-9H,1-3H3,(H,16,20)(H,17,21)(H,18,22)/t9-/m0/s1. The molecule has 0 bridgehead atoms. The second kappa shape index (κ2) is 6.30. The third kappa shape index (κ3) is 3.25. The van der Waals surface area contributed by atoms with Crippen molar-refractivity contribution in [3.8, 4) is 0 Å². The lowest BCUT2D eigenvalue weighted by molar-refractivity contribution is -0.128. The van der Waals surface area contributed by atoms with Crippen LogP contribution >= 0.6 is 0 Å². The highest BCUT2D eigenvalue weighted by molar-refractivity contribution is 6.07. The molecular formula is C15H18N4O3. The molecule has 1 heterocycles. The van der Waals surface area contributed by atoms with Gasteiger partial charge in [-0.15, -0.1) is 0 Å². The predicted molar refractivity (Wildman–Crippen MR) is 81.8 cm³/mol. The van der Waals surface area contributed by atoms with Crippen molar-refractivity contribution in [2.45, 2.75) is 19.9 Å². The van der Waals surface area contributed by atoms with Crippen molar-refractivity contribution >= 4 is 28.6 Å². The van der Waals surface area contributed by atoms with E-state index in [0.717, 1.165) is 10.9 Å². The van der Waals surface area contributed by atoms with E-state index in [-0.39, 0.29) is 5.91 Å². The van der Waals surface area contributed by atoms with Gasteiger partial charge in [-0.3, -0.25) is 25.2 Å². The lowest BCUT2D eigenvalue weighted by Crippen LogP contribution is -2.50. The van der Waals surface area contributed by atoms with E-state index < -0.39 is 17.9 Å². The summed E-state index contributed by atoms with van der Waals surface area (Å²) < 4.78 is 1.84. The monoisotopic (exact) mass is 302 g/mol. The first kappa shape index (κ1) is 15.6. The summed E-state index contributed by atoms with van der Waals surface area (Å²) in [7, 11) is 1.84. The third-order valence-electron chi connectivity index (χ3n) is 3.25. The van der Waals surface area contributed by atoms with Crippen molar-refractivity contribution in [1.82, 2.24) is 20.7 Å². The number of carbonyl (C=O) groups is 3. The second-order valence-electron chi connectivity index (χ2n) is 5.04. The summed E-state index contributed by atoms with van der Waals surface area (Å²) in [6.45, 7) is 2.85. The van der Waals surface area contributed by atoms with E-state index in [0.29, 0.717) is 5.56 Å². The Morgan fingerprint density at radius 3 is 2.50 bits per heavy atom. The fourth-order valence-electron chi connectivity index (χ4n) is 2.19. The predicted octanol–water partition coefficient (Wildman–Crippen LogP) is 0.464. The van der Waals surface area contributed by atoms with Gasteiger partial charge in [0.15, 0.2) is 0 Å². The number of rotatable bonds is 3. The van der Waals surface area contributed by atoms with Crippen LogP contribution in [-0.2, 0) is 16.6 Å². The van der Waals surface area contributed by atoms with Gasteiger partial charge in [-0.2, -0.15) is 0 Å². The summed E-state index contributed by atoms with van der Waals surface area (Å²) >= 11 is 0. The van der Waals surface area contributed by atoms with Crippen molar-refractivity contribution in [3.63, 3.8) is 0 Å². The van der Waals surface area contributed by atoms with Gasteiger partial charge in [0.1, 0.15) is 6.04 Å². The Hall–Kier alpha value is -2.83. The largest absolute Gasteiger partial charge is 0.350 e. The van der Waals surface area contributed by atoms with E-state index in [9.17, 15) is 14.4 Å². The van der Waals surface area contributed by atoms with Crippen LogP contribution in [0, 0.1) is 0 Å². The fourth-order valence-corrected chi connectivity index (χ4v) is 2.19. The number of fused-ring (bicyclic) bond motifs is 1. The Labute approximate surface area is 127 Å². The van der Waals surface area contributed by atoms with Crippen LogP contribution < -0.4 is 16.2 Å². The van der Waals surface area contributed by atoms with Crippen LogP contribution in [0.5, 0.6) is 0 Å². The van der Waals surface area contributed by atoms with Gasteiger partial charge in [-0.25, -0.2) is 0 Å². The average Bonchev–Trinajstić information content (AvgIpc) is 2.81. The molecule has 3 N–H and O–H groups in total. The van der Waals surface area contributed by atoms with Gasteiger partial charge < -0.3 is 9.88 Å². The molecule has 0 aliphatic carbocycles. The number of nitrogens with one attached hydrogen (secondary N) is 3. The molecule has 116 valence electrons. The number of hydrazine groups is 1. The molecule has 0 unspecified atom stereocenters. The number of amides is 3. The fraction of sp³-hybridized carbons (Fsp3) is 0.267. The minimum Gasteiger partial charge on any atom is -0.350 e. The molecule has 0 saturated carbocycles. The molecule has 0 saturated heterocycles. The molecule has 0 spiro atoms. The molecule has 0 radical (unpaired) electrons. The highest BCUT2D eigenvalue weighted by atomic mass is 16.2. The Kier molecular flexibility index (Phi) is 4.45. The van der Waals surface area contributed by atoms with Crippen LogP contribution in [0.1, 0.15) is 24.2 Å². The lowest BCUT2D eigenvalue weighted by Gasteiger charge is -2.13. The number of aromatic nitrogens is 1. The zero-order valence-electron chi connectivity index (χ0n) is 12.6. The van der Waals surface area contributed by atoms with Crippen LogP contribution in [0.2, 0.25) is 0 Å². The Morgan fingerprint density at radius 2 is 1.82 bits per heavy atom. The average molecular weight is 302 g/mol. The van der Waals surface area contributed by atoms with Crippen molar-refractivity contribution in [2.24, 2.45) is 7.05 Å². The minimum atomic E-state index is -0.731. The van der Waals surface area contributed by atoms with E-state index in [1.54, 1.807) is 6.20 Å². The van der Waals surface area contributed by atoms with Gasteiger partial charge in [-0.1, -0.05) is 18.2 Å². The van der Waals surface area contributed by atoms with Crippen molar-refractivity contribution in [3.05, 3.63) is 36.0 Å². The normalized spacial score (nSPS) is 11.8. The maximum absolute atomic E-state index is 12.2. The maximum Gasteiger partial charge on any atom is 0.271 e. The van der Waals surface area contributed by atoms with E-state index >= 15 is 0 Å². The zero-order chi connectivity index (χ0) is 16.3. The molecule has 1 atom stereocenters. The molecule has 7 heteroatoms. The van der Waals surface area contributed by atoms with Gasteiger partial charge in [0.05, 0.1) is 5.56 Å². The van der Waals surface area contributed by atoms with Gasteiger partial charge in [0.2, 0.25) is 5.91 Å². The topological polar surface area (TPSA) is 92.2 Å². The van der Waals surface area contributed by atoms with E-state index in [1.165, 1.54) is 13.8 Å². The third-order valence-corrected chi connectivity index (χ3v) is 3.25. The SMILES string of the molecule is CC(=O)N[C@@H](C)C(=O)NNC(=O)c1cn(C)c2ccccc12. The molecule has 3 amide bonds. The van der Waals surface area contributed by atoms with Crippen LogP contribution in [0.3, 0.4) is 0 Å².